The molecule has 0 aliphatic heterocycles. The molecule has 2 aliphatic carbocycles. The summed E-state index contributed by atoms with van der Waals surface area (Å²) in [5.74, 6) is 0. The molecule has 0 aromatic rings. The van der Waals surface area contributed by atoms with Crippen LogP contribution < -0.4 is 0 Å². The van der Waals surface area contributed by atoms with E-state index in [0.717, 1.165) is 12.8 Å². The van der Waals surface area contributed by atoms with Gasteiger partial charge in [0.05, 0.1) is 0 Å². The second-order valence-corrected chi connectivity index (χ2v) is 31.8. The van der Waals surface area contributed by atoms with E-state index in [1.807, 2.05) is 0 Å². The zero-order valence-corrected chi connectivity index (χ0v) is 25.5. The fourth-order valence-electron chi connectivity index (χ4n) is 3.61. The Labute approximate surface area is 205 Å². The van der Waals surface area contributed by atoms with Crippen LogP contribution in [0.1, 0.15) is 14.3 Å². The Balaban J connectivity index is 0. The number of allylic oxidation sites excluding steroid dienone is 8. The second-order valence-electron chi connectivity index (χ2n) is 11.7. The van der Waals surface area contributed by atoms with Crippen LogP contribution in [0.2, 0.25) is 78.6 Å². The third kappa shape index (κ3) is 8.37. The van der Waals surface area contributed by atoms with Gasteiger partial charge in [-0.3, -0.25) is 12.2 Å². The molecule has 0 unspecified atom stereocenters. The van der Waals surface area contributed by atoms with Crippen LogP contribution in [0.15, 0.2) is 32.9 Å². The van der Waals surface area contributed by atoms with Gasteiger partial charge in [-0.2, -0.15) is 12.2 Å². The molecule has 2 aliphatic rings. The molecule has 0 fully saturated rings. The molecule has 0 N–H and O–H groups in total. The third-order valence-corrected chi connectivity index (χ3v) is 13.4. The average molecular weight is 595 g/mol. The molecular formula is C22H43LuSi4-3. The van der Waals surface area contributed by atoms with Crippen LogP contribution in [0.5, 0.6) is 0 Å². The fourth-order valence-corrected chi connectivity index (χ4v) is 14.3. The molecule has 5 heteroatoms. The van der Waals surface area contributed by atoms with E-state index in [2.05, 4.69) is 103 Å². The Bertz CT molecular complexity index is 532. The summed E-state index contributed by atoms with van der Waals surface area (Å²) in [6.07, 6.45) is 14.1. The van der Waals surface area contributed by atoms with E-state index in [1.165, 1.54) is 0 Å². The molecule has 165 valence electrons. The molecule has 2 rings (SSSR count). The maximum atomic E-state index is 3.57. The van der Waals surface area contributed by atoms with Crippen molar-refractivity contribution in [2.24, 2.45) is 0 Å². The first-order chi connectivity index (χ1) is 11.5. The Morgan fingerprint density at radius 1 is 0.556 bits per heavy atom. The summed E-state index contributed by atoms with van der Waals surface area (Å²) in [7, 11) is -4.45. The smallest absolute Gasteiger partial charge is 0.0394 e. The van der Waals surface area contributed by atoms with Gasteiger partial charge in [-0.15, -0.1) is 12.8 Å². The summed E-state index contributed by atoms with van der Waals surface area (Å²) in [4.78, 5) is 0. The fraction of sp³-hybridized carbons (Fsp3) is 0.636. The molecular weight excluding hydrogens is 552 g/mol. The third-order valence-electron chi connectivity index (χ3n) is 4.82. The number of rotatable bonds is 4. The first-order valence-corrected chi connectivity index (χ1v) is 24.1. The van der Waals surface area contributed by atoms with E-state index in [0.29, 0.717) is 0 Å². The largest absolute Gasteiger partial charge is 1.00 e. The summed E-state index contributed by atoms with van der Waals surface area (Å²) >= 11 is 0. The molecule has 1 radical (unpaired) electrons. The van der Waals surface area contributed by atoms with E-state index in [1.54, 1.807) is 20.8 Å². The normalized spacial score (nSPS) is 17.9. The van der Waals surface area contributed by atoms with Crippen molar-refractivity contribution in [3.05, 3.63) is 45.1 Å². The summed E-state index contributed by atoms with van der Waals surface area (Å²) in [5.41, 5.74) is 0. The molecule has 0 saturated carbocycles. The van der Waals surface area contributed by atoms with Gasteiger partial charge >= 0.3 is 0 Å². The predicted molar refractivity (Wildman–Crippen MR) is 133 cm³/mol. The maximum Gasteiger partial charge on any atom is 0.0394 e. The van der Waals surface area contributed by atoms with Crippen molar-refractivity contribution in [1.82, 2.24) is 0 Å². The minimum atomic E-state index is -1.13. The van der Waals surface area contributed by atoms with E-state index in [9.17, 15) is 0 Å². The van der Waals surface area contributed by atoms with Gasteiger partial charge in [0, 0.05) is 53.0 Å². The van der Waals surface area contributed by atoms with Gasteiger partial charge in [0.25, 0.3) is 0 Å². The van der Waals surface area contributed by atoms with Crippen LogP contribution >= 0.6 is 0 Å². The quantitative estimate of drug-likeness (QED) is 0.231. The van der Waals surface area contributed by atoms with Crippen molar-refractivity contribution in [3.63, 3.8) is 0 Å². The molecule has 0 nitrogen and oxygen atoms in total. The summed E-state index contributed by atoms with van der Waals surface area (Å²) in [6, 6.07) is 0. The first-order valence-electron chi connectivity index (χ1n) is 10.1. The van der Waals surface area contributed by atoms with Crippen LogP contribution in [0.4, 0.5) is 0 Å². The van der Waals surface area contributed by atoms with Crippen molar-refractivity contribution in [2.45, 2.75) is 91.4 Å². The van der Waals surface area contributed by atoms with Crippen molar-refractivity contribution in [2.75, 3.05) is 0 Å². The number of hydrogen-bond acceptors (Lipinski definition) is 0. The standard InChI is InChI=1S/2C11H21Si2.Lu.H/c2*1-12(2,3)10-8-7-9-11(10)13(4,5)6;;/h2*8H,7H2,1-6H3;;/q2*-1;;-1. The van der Waals surface area contributed by atoms with Crippen LogP contribution in [0, 0.1) is 49.0 Å². The predicted octanol–water partition coefficient (Wildman–Crippen LogP) is 7.71. The van der Waals surface area contributed by atoms with Crippen molar-refractivity contribution in [1.29, 1.82) is 0 Å². The Kier molecular flexibility index (Phi) is 10.3. The zero-order valence-electron chi connectivity index (χ0n) is 20.8. The maximum absolute atomic E-state index is 3.57. The molecule has 0 amide bonds. The first kappa shape index (κ1) is 28.1. The average Bonchev–Trinajstić information content (AvgIpc) is 3.06. The van der Waals surface area contributed by atoms with Gasteiger partial charge in [-0.1, -0.05) is 78.6 Å². The van der Waals surface area contributed by atoms with Gasteiger partial charge in [-0.05, 0) is 16.1 Å². The van der Waals surface area contributed by atoms with Crippen LogP contribution in [0.25, 0.3) is 0 Å². The molecule has 0 heterocycles. The minimum absolute atomic E-state index is 0. The van der Waals surface area contributed by atoms with Crippen LogP contribution in [-0.2, 0) is 0 Å². The summed E-state index contributed by atoms with van der Waals surface area (Å²) < 4.78 is 0. The molecule has 0 saturated heterocycles. The van der Waals surface area contributed by atoms with E-state index in [4.69, 9.17) is 0 Å². The molecule has 0 aromatic heterocycles. The van der Waals surface area contributed by atoms with E-state index >= 15 is 0 Å². The van der Waals surface area contributed by atoms with Gasteiger partial charge in [0.1, 0.15) is 0 Å². The summed E-state index contributed by atoms with van der Waals surface area (Å²) in [5, 5.41) is 6.61. The van der Waals surface area contributed by atoms with Gasteiger partial charge < -0.3 is 1.43 Å². The van der Waals surface area contributed by atoms with Gasteiger partial charge in [-0.25, -0.2) is 20.8 Å². The van der Waals surface area contributed by atoms with Crippen molar-refractivity contribution in [3.8, 4) is 0 Å². The molecule has 27 heavy (non-hydrogen) atoms. The minimum Gasteiger partial charge on any atom is -1.00 e. The monoisotopic (exact) mass is 594 g/mol. The van der Waals surface area contributed by atoms with Crippen LogP contribution in [0.3, 0.4) is 0 Å². The Hall–Kier alpha value is 1.06. The van der Waals surface area contributed by atoms with E-state index < -0.39 is 32.3 Å². The van der Waals surface area contributed by atoms with Gasteiger partial charge in [0.2, 0.25) is 0 Å². The van der Waals surface area contributed by atoms with Crippen molar-refractivity contribution < 1.29 is 38.3 Å². The SMILES string of the molecule is C[Si](C)(C)C1=[C-]CC=C1[Si](C)(C)C.C[Si](C)(C)C1=[C-]CC=C1[Si](C)(C)C.[H-].[Lu]. The molecule has 0 atom stereocenters. The Morgan fingerprint density at radius 3 is 0.963 bits per heavy atom. The molecule has 0 aromatic carbocycles. The summed E-state index contributed by atoms with van der Waals surface area (Å²) in [6.45, 7) is 29.2. The van der Waals surface area contributed by atoms with Gasteiger partial charge in [0.15, 0.2) is 0 Å². The molecule has 0 spiro atoms. The van der Waals surface area contributed by atoms with Crippen LogP contribution in [-0.4, -0.2) is 32.3 Å². The second kappa shape index (κ2) is 9.91. The number of hydrogen-bond donors (Lipinski definition) is 0. The zero-order chi connectivity index (χ0) is 20.6. The van der Waals surface area contributed by atoms with E-state index in [-0.39, 0.29) is 38.3 Å². The van der Waals surface area contributed by atoms with Crippen molar-refractivity contribution >= 4 is 32.3 Å². The Morgan fingerprint density at radius 2 is 0.815 bits per heavy atom. The topological polar surface area (TPSA) is 0 Å². The molecule has 0 bridgehead atoms.